The molecule has 0 aromatic carbocycles. The molecule has 0 bridgehead atoms. The van der Waals surface area contributed by atoms with Crippen LogP contribution in [0.5, 0.6) is 5.88 Å². The summed E-state index contributed by atoms with van der Waals surface area (Å²) in [4.78, 5) is 15.3. The van der Waals surface area contributed by atoms with Gasteiger partial charge in [0.05, 0.1) is 25.2 Å². The van der Waals surface area contributed by atoms with E-state index in [1.54, 1.807) is 18.0 Å². The molecule has 0 amide bonds. The number of aryl methyl sites for hydroxylation is 1. The second kappa shape index (κ2) is 8.00. The Bertz CT molecular complexity index is 921. The van der Waals surface area contributed by atoms with Gasteiger partial charge in [-0.15, -0.1) is 0 Å². The molecule has 3 aromatic rings. The van der Waals surface area contributed by atoms with Gasteiger partial charge in [0.15, 0.2) is 0 Å². The van der Waals surface area contributed by atoms with E-state index in [4.69, 9.17) is 4.74 Å². The number of methoxy groups -OCH3 is 1. The highest BCUT2D eigenvalue weighted by atomic mass is 16.5. The van der Waals surface area contributed by atoms with E-state index in [9.17, 15) is 0 Å². The summed E-state index contributed by atoms with van der Waals surface area (Å²) in [5.74, 6) is 1.72. The number of ether oxygens (including phenoxy) is 1. The van der Waals surface area contributed by atoms with Crippen LogP contribution in [0.25, 0.3) is 5.69 Å². The zero-order chi connectivity index (χ0) is 19.4. The van der Waals surface area contributed by atoms with Crippen molar-refractivity contribution in [3.63, 3.8) is 0 Å². The van der Waals surface area contributed by atoms with Gasteiger partial charge in [0.2, 0.25) is 11.8 Å². The summed E-state index contributed by atoms with van der Waals surface area (Å²) in [6.45, 7) is 2.72. The van der Waals surface area contributed by atoms with Gasteiger partial charge in [0.1, 0.15) is 11.5 Å². The molecule has 0 aliphatic carbocycles. The maximum Gasteiger partial charge on any atom is 0.239 e. The third-order valence-corrected chi connectivity index (χ3v) is 3.77. The number of pyridine rings is 1. The van der Waals surface area contributed by atoms with Gasteiger partial charge >= 0.3 is 0 Å². The molecule has 0 saturated heterocycles. The van der Waals surface area contributed by atoms with Gasteiger partial charge in [-0.05, 0) is 27.1 Å². The van der Waals surface area contributed by atoms with Crippen LogP contribution in [0.1, 0.15) is 11.3 Å². The maximum absolute atomic E-state index is 5.40. The Balaban J connectivity index is 1.92. The van der Waals surface area contributed by atoms with E-state index in [-0.39, 0.29) is 0 Å². The molecule has 0 aliphatic heterocycles. The average Bonchev–Trinajstić information content (AvgIpc) is 3.08. The molecule has 0 atom stereocenters. The number of nitrogens with one attached hydrogen (secondary N) is 2. The smallest absolute Gasteiger partial charge is 0.239 e. The lowest BCUT2D eigenvalue weighted by Crippen LogP contribution is -2.10. The highest BCUT2D eigenvalue weighted by Gasteiger charge is 2.12. The van der Waals surface area contributed by atoms with Crippen LogP contribution < -0.4 is 15.4 Å². The van der Waals surface area contributed by atoms with E-state index in [1.165, 1.54) is 0 Å². The Morgan fingerprint density at radius 1 is 1.19 bits per heavy atom. The molecule has 0 radical (unpaired) electrons. The monoisotopic (exact) mass is 368 g/mol. The zero-order valence-electron chi connectivity index (χ0n) is 16.2. The van der Waals surface area contributed by atoms with Crippen LogP contribution in [0.2, 0.25) is 0 Å². The SMILES string of the molecule is CNc1cc(C)nc(Nc2cnc(OC)c(-n3cc(CN(C)C)cn3)c2)n1. The molecule has 9 nitrogen and oxygen atoms in total. The fraction of sp³-hybridized carbons (Fsp3) is 0.333. The zero-order valence-corrected chi connectivity index (χ0v) is 16.2. The van der Waals surface area contributed by atoms with Crippen LogP contribution in [0.4, 0.5) is 17.5 Å². The Labute approximate surface area is 158 Å². The van der Waals surface area contributed by atoms with E-state index >= 15 is 0 Å². The fourth-order valence-corrected chi connectivity index (χ4v) is 2.65. The number of hydrogen-bond donors (Lipinski definition) is 2. The summed E-state index contributed by atoms with van der Waals surface area (Å²) in [7, 11) is 7.45. The minimum atomic E-state index is 0.487. The van der Waals surface area contributed by atoms with Crippen LogP contribution in [0.3, 0.4) is 0 Å². The molecule has 142 valence electrons. The van der Waals surface area contributed by atoms with Gasteiger partial charge in [-0.1, -0.05) is 0 Å². The Morgan fingerprint density at radius 3 is 2.70 bits per heavy atom. The third kappa shape index (κ3) is 4.50. The second-order valence-corrected chi connectivity index (χ2v) is 6.38. The summed E-state index contributed by atoms with van der Waals surface area (Å²) in [6.07, 6.45) is 5.48. The van der Waals surface area contributed by atoms with Crippen LogP contribution in [-0.4, -0.2) is 57.9 Å². The van der Waals surface area contributed by atoms with Crippen LogP contribution in [0.15, 0.2) is 30.7 Å². The highest BCUT2D eigenvalue weighted by Crippen LogP contribution is 2.25. The summed E-state index contributed by atoms with van der Waals surface area (Å²) >= 11 is 0. The molecule has 0 fully saturated rings. The molecule has 0 saturated carbocycles. The molecule has 3 rings (SSSR count). The Morgan fingerprint density at radius 2 is 2.00 bits per heavy atom. The second-order valence-electron chi connectivity index (χ2n) is 6.38. The molecule has 0 spiro atoms. The van der Waals surface area contributed by atoms with Crippen molar-refractivity contribution in [1.29, 1.82) is 0 Å². The van der Waals surface area contributed by atoms with Crippen molar-refractivity contribution in [2.24, 2.45) is 0 Å². The van der Waals surface area contributed by atoms with Crippen molar-refractivity contribution < 1.29 is 4.74 Å². The number of rotatable bonds is 7. The summed E-state index contributed by atoms with van der Waals surface area (Å²) < 4.78 is 7.16. The molecule has 0 unspecified atom stereocenters. The molecule has 3 heterocycles. The Kier molecular flexibility index (Phi) is 5.51. The van der Waals surface area contributed by atoms with Crippen LogP contribution in [0, 0.1) is 6.92 Å². The molecule has 9 heteroatoms. The number of aromatic nitrogens is 5. The van der Waals surface area contributed by atoms with E-state index in [0.717, 1.165) is 35.0 Å². The fourth-order valence-electron chi connectivity index (χ4n) is 2.65. The summed E-state index contributed by atoms with van der Waals surface area (Å²) in [6, 6.07) is 3.78. The van der Waals surface area contributed by atoms with E-state index in [1.807, 2.05) is 52.6 Å². The van der Waals surface area contributed by atoms with Crippen molar-refractivity contribution in [2.45, 2.75) is 13.5 Å². The number of hydrogen-bond acceptors (Lipinski definition) is 8. The van der Waals surface area contributed by atoms with Crippen molar-refractivity contribution in [3.8, 4) is 11.6 Å². The first-order valence-corrected chi connectivity index (χ1v) is 8.51. The summed E-state index contributed by atoms with van der Waals surface area (Å²) in [5.41, 5.74) is 3.43. The lowest BCUT2D eigenvalue weighted by atomic mass is 10.3. The first kappa shape index (κ1) is 18.6. The van der Waals surface area contributed by atoms with E-state index in [2.05, 4.69) is 35.6 Å². The lowest BCUT2D eigenvalue weighted by molar-refractivity contribution is 0.394. The Hall–Kier alpha value is -3.20. The van der Waals surface area contributed by atoms with Crippen molar-refractivity contribution >= 4 is 17.5 Å². The number of anilines is 3. The molecule has 3 aromatic heterocycles. The molecular weight excluding hydrogens is 344 g/mol. The third-order valence-electron chi connectivity index (χ3n) is 3.77. The largest absolute Gasteiger partial charge is 0.479 e. The first-order chi connectivity index (χ1) is 13.0. The molecule has 27 heavy (non-hydrogen) atoms. The van der Waals surface area contributed by atoms with Gasteiger partial charge < -0.3 is 20.3 Å². The van der Waals surface area contributed by atoms with E-state index in [0.29, 0.717) is 11.8 Å². The van der Waals surface area contributed by atoms with Crippen molar-refractivity contribution in [3.05, 3.63) is 42.0 Å². The molecule has 2 N–H and O–H groups in total. The van der Waals surface area contributed by atoms with Gasteiger partial charge in [-0.25, -0.2) is 14.6 Å². The lowest BCUT2D eigenvalue weighted by Gasteiger charge is -2.12. The van der Waals surface area contributed by atoms with Crippen LogP contribution in [-0.2, 0) is 6.54 Å². The minimum absolute atomic E-state index is 0.487. The van der Waals surface area contributed by atoms with Crippen LogP contribution >= 0.6 is 0 Å². The minimum Gasteiger partial charge on any atom is -0.479 e. The van der Waals surface area contributed by atoms with Gasteiger partial charge in [0, 0.05) is 37.1 Å². The molecule has 0 aliphatic rings. The highest BCUT2D eigenvalue weighted by molar-refractivity contribution is 5.60. The van der Waals surface area contributed by atoms with Gasteiger partial charge in [0.25, 0.3) is 0 Å². The van der Waals surface area contributed by atoms with Gasteiger partial charge in [-0.3, -0.25) is 0 Å². The first-order valence-electron chi connectivity index (χ1n) is 8.51. The predicted molar refractivity (Wildman–Crippen MR) is 105 cm³/mol. The van der Waals surface area contributed by atoms with Crippen molar-refractivity contribution in [1.82, 2.24) is 29.6 Å². The average molecular weight is 368 g/mol. The normalized spacial score (nSPS) is 10.9. The van der Waals surface area contributed by atoms with Gasteiger partial charge in [-0.2, -0.15) is 10.1 Å². The van der Waals surface area contributed by atoms with E-state index < -0.39 is 0 Å². The standard InChI is InChI=1S/C18H24N8O/c1-12-6-16(19-2)24-18(22-12)23-14-7-15(17(27-5)20-9-14)26-11-13(8-21-26)10-25(3)4/h6-9,11H,10H2,1-5H3,(H2,19,22,23,24). The number of nitrogens with zero attached hydrogens (tertiary/aromatic N) is 6. The maximum atomic E-state index is 5.40. The quantitative estimate of drug-likeness (QED) is 0.656. The molecular formula is C18H24N8O. The van der Waals surface area contributed by atoms with Crippen molar-refractivity contribution in [2.75, 3.05) is 38.9 Å². The topological polar surface area (TPSA) is 93.0 Å². The summed E-state index contributed by atoms with van der Waals surface area (Å²) in [5, 5.41) is 10.7. The predicted octanol–water partition coefficient (Wildman–Crippen LogP) is 2.22.